The Balaban J connectivity index is 1.52. The molecule has 190 valence electrons. The van der Waals surface area contributed by atoms with Gasteiger partial charge in [0, 0.05) is 5.69 Å². The van der Waals surface area contributed by atoms with Gasteiger partial charge in [-0.15, -0.1) is 0 Å². The molecule has 0 heterocycles. The van der Waals surface area contributed by atoms with Crippen LogP contribution >= 0.6 is 0 Å². The van der Waals surface area contributed by atoms with Crippen LogP contribution in [0.15, 0.2) is 108 Å². The van der Waals surface area contributed by atoms with E-state index < -0.39 is 22.5 Å². The van der Waals surface area contributed by atoms with Crippen LogP contribution in [0.1, 0.15) is 12.5 Å². The summed E-state index contributed by atoms with van der Waals surface area (Å²) < 4.78 is 39.5. The van der Waals surface area contributed by atoms with Gasteiger partial charge >= 0.3 is 0 Å². The summed E-state index contributed by atoms with van der Waals surface area (Å²) in [6, 6.07) is 29.4. The van der Waals surface area contributed by atoms with E-state index in [0.717, 1.165) is 9.87 Å². The van der Waals surface area contributed by atoms with E-state index in [1.54, 1.807) is 60.7 Å². The number of carbonyl (C=O) groups is 1. The third kappa shape index (κ3) is 6.68. The van der Waals surface area contributed by atoms with Crippen LogP contribution in [-0.4, -0.2) is 27.5 Å². The van der Waals surface area contributed by atoms with E-state index in [2.05, 4.69) is 5.32 Å². The van der Waals surface area contributed by atoms with Crippen molar-refractivity contribution in [1.82, 2.24) is 0 Å². The normalized spacial score (nSPS) is 11.0. The number of sulfonamides is 1. The average Bonchev–Trinajstić information content (AvgIpc) is 2.90. The van der Waals surface area contributed by atoms with Crippen LogP contribution in [0.5, 0.6) is 17.2 Å². The number of hydrogen-bond acceptors (Lipinski definition) is 5. The molecule has 0 aliphatic heterocycles. The first kappa shape index (κ1) is 25.8. The number of anilines is 2. The number of nitrogens with zero attached hydrogens (tertiary/aromatic N) is 1. The topological polar surface area (TPSA) is 84.9 Å². The van der Waals surface area contributed by atoms with Crippen LogP contribution in [0.2, 0.25) is 0 Å². The van der Waals surface area contributed by atoms with Crippen molar-refractivity contribution in [2.24, 2.45) is 0 Å². The van der Waals surface area contributed by atoms with Gasteiger partial charge in [-0.1, -0.05) is 35.9 Å². The third-order valence-corrected chi connectivity index (χ3v) is 7.24. The van der Waals surface area contributed by atoms with Gasteiger partial charge in [0.2, 0.25) is 5.91 Å². The first-order valence-corrected chi connectivity index (χ1v) is 13.2. The minimum atomic E-state index is -4.03. The number of hydrogen-bond donors (Lipinski definition) is 1. The van der Waals surface area contributed by atoms with Crippen LogP contribution in [0.3, 0.4) is 0 Å². The molecule has 0 spiro atoms. The summed E-state index contributed by atoms with van der Waals surface area (Å²) >= 11 is 0. The highest BCUT2D eigenvalue weighted by molar-refractivity contribution is 7.92. The van der Waals surface area contributed by atoms with Crippen molar-refractivity contribution in [3.63, 3.8) is 0 Å². The van der Waals surface area contributed by atoms with Crippen molar-refractivity contribution >= 4 is 27.3 Å². The number of amides is 1. The molecule has 7 nitrogen and oxygen atoms in total. The predicted molar refractivity (Wildman–Crippen MR) is 145 cm³/mol. The lowest BCUT2D eigenvalue weighted by Crippen LogP contribution is -2.38. The number of rotatable bonds is 10. The van der Waals surface area contributed by atoms with Gasteiger partial charge in [-0.05, 0) is 86.6 Å². The largest absolute Gasteiger partial charge is 0.494 e. The zero-order valence-electron chi connectivity index (χ0n) is 20.6. The Morgan fingerprint density at radius 1 is 0.784 bits per heavy atom. The van der Waals surface area contributed by atoms with Gasteiger partial charge in [-0.25, -0.2) is 8.42 Å². The molecule has 0 fully saturated rings. The van der Waals surface area contributed by atoms with E-state index in [-0.39, 0.29) is 4.90 Å². The molecule has 0 saturated heterocycles. The smallest absolute Gasteiger partial charge is 0.264 e. The van der Waals surface area contributed by atoms with Gasteiger partial charge in [-0.3, -0.25) is 9.10 Å². The number of para-hydroxylation sites is 1. The van der Waals surface area contributed by atoms with E-state index in [1.165, 1.54) is 12.1 Å². The molecule has 0 saturated carbocycles. The quantitative estimate of drug-likeness (QED) is 0.279. The van der Waals surface area contributed by atoms with Gasteiger partial charge in [0.1, 0.15) is 23.8 Å². The Morgan fingerprint density at radius 2 is 1.38 bits per heavy atom. The zero-order chi connectivity index (χ0) is 26.3. The first-order chi connectivity index (χ1) is 17.8. The lowest BCUT2D eigenvalue weighted by Gasteiger charge is -2.24. The van der Waals surface area contributed by atoms with Gasteiger partial charge < -0.3 is 14.8 Å². The lowest BCUT2D eigenvalue weighted by atomic mass is 10.2. The molecule has 4 rings (SSSR count). The molecule has 0 unspecified atom stereocenters. The summed E-state index contributed by atoms with van der Waals surface area (Å²) in [5.74, 6) is 1.41. The third-order valence-electron chi connectivity index (χ3n) is 5.45. The Kier molecular flexibility index (Phi) is 8.10. The summed E-state index contributed by atoms with van der Waals surface area (Å²) in [7, 11) is -4.03. The summed E-state index contributed by atoms with van der Waals surface area (Å²) in [6.07, 6.45) is 0. The van der Waals surface area contributed by atoms with Crippen molar-refractivity contribution in [1.29, 1.82) is 0 Å². The molecule has 4 aromatic rings. The van der Waals surface area contributed by atoms with Crippen LogP contribution in [0, 0.1) is 6.92 Å². The molecular weight excluding hydrogens is 488 g/mol. The van der Waals surface area contributed by atoms with Crippen LogP contribution in [0.4, 0.5) is 11.4 Å². The second kappa shape index (κ2) is 11.6. The minimum Gasteiger partial charge on any atom is -0.494 e. The SMILES string of the molecule is CCOc1ccc(S(=O)(=O)N(CC(=O)Nc2ccc(Oc3ccccc3)cc2)c2ccc(C)cc2)cc1. The fraction of sp³-hybridized carbons (Fsp3) is 0.138. The number of benzene rings is 4. The zero-order valence-corrected chi connectivity index (χ0v) is 21.4. The van der Waals surface area contributed by atoms with E-state index in [1.807, 2.05) is 44.2 Å². The number of ether oxygens (including phenoxy) is 2. The minimum absolute atomic E-state index is 0.0618. The fourth-order valence-corrected chi connectivity index (χ4v) is 5.01. The molecule has 1 amide bonds. The predicted octanol–water partition coefficient (Wildman–Crippen LogP) is 6.02. The van der Waals surface area contributed by atoms with Crippen molar-refractivity contribution < 1.29 is 22.7 Å². The summed E-state index contributed by atoms with van der Waals surface area (Å²) in [5, 5.41) is 2.77. The Labute approximate surface area is 217 Å². The standard InChI is InChI=1S/C29H28N2O5S/c1-3-35-25-17-19-28(20-18-25)37(33,34)31(24-13-9-22(2)10-14-24)21-29(32)30-23-11-15-27(16-12-23)36-26-7-5-4-6-8-26/h4-20H,3,21H2,1-2H3,(H,30,32). The molecule has 8 heteroatoms. The van der Waals surface area contributed by atoms with Crippen LogP contribution < -0.4 is 19.1 Å². The monoisotopic (exact) mass is 516 g/mol. The maximum absolute atomic E-state index is 13.6. The van der Waals surface area contributed by atoms with E-state index >= 15 is 0 Å². The van der Waals surface area contributed by atoms with Gasteiger partial charge in [0.25, 0.3) is 10.0 Å². The molecule has 0 aliphatic rings. The van der Waals surface area contributed by atoms with Crippen molar-refractivity contribution in [2.75, 3.05) is 22.8 Å². The van der Waals surface area contributed by atoms with Gasteiger partial charge in [-0.2, -0.15) is 0 Å². The molecule has 4 aromatic carbocycles. The summed E-state index contributed by atoms with van der Waals surface area (Å²) in [5.41, 5.74) is 1.89. The van der Waals surface area contributed by atoms with Gasteiger partial charge in [0.05, 0.1) is 17.2 Å². The maximum atomic E-state index is 13.6. The second-order valence-electron chi connectivity index (χ2n) is 8.24. The van der Waals surface area contributed by atoms with E-state index in [4.69, 9.17) is 9.47 Å². The Morgan fingerprint density at radius 3 is 2.00 bits per heavy atom. The Bertz CT molecular complexity index is 1420. The summed E-state index contributed by atoms with van der Waals surface area (Å²) in [4.78, 5) is 13.0. The van der Waals surface area contributed by atoms with Crippen molar-refractivity contribution in [3.05, 3.63) is 109 Å². The summed E-state index contributed by atoms with van der Waals surface area (Å²) in [6.45, 7) is 3.83. The Hall–Kier alpha value is -4.30. The first-order valence-electron chi connectivity index (χ1n) is 11.8. The maximum Gasteiger partial charge on any atom is 0.264 e. The van der Waals surface area contributed by atoms with Crippen LogP contribution in [-0.2, 0) is 14.8 Å². The number of aryl methyl sites for hydroxylation is 1. The molecule has 37 heavy (non-hydrogen) atoms. The molecule has 0 aliphatic carbocycles. The molecule has 0 radical (unpaired) electrons. The molecule has 0 bridgehead atoms. The van der Waals surface area contributed by atoms with E-state index in [9.17, 15) is 13.2 Å². The lowest BCUT2D eigenvalue weighted by molar-refractivity contribution is -0.114. The van der Waals surface area contributed by atoms with Crippen LogP contribution in [0.25, 0.3) is 0 Å². The fourth-order valence-electron chi connectivity index (χ4n) is 3.59. The second-order valence-corrected chi connectivity index (χ2v) is 10.1. The molecule has 0 atom stereocenters. The van der Waals surface area contributed by atoms with Crippen molar-refractivity contribution in [2.45, 2.75) is 18.7 Å². The number of carbonyl (C=O) groups excluding carboxylic acids is 1. The van der Waals surface area contributed by atoms with Gasteiger partial charge in [0.15, 0.2) is 0 Å². The highest BCUT2D eigenvalue weighted by atomic mass is 32.2. The highest BCUT2D eigenvalue weighted by Crippen LogP contribution is 2.26. The molecular formula is C29H28N2O5S. The molecule has 1 N–H and O–H groups in total. The molecule has 0 aromatic heterocycles. The van der Waals surface area contributed by atoms with E-state index in [0.29, 0.717) is 35.2 Å². The average molecular weight is 517 g/mol. The highest BCUT2D eigenvalue weighted by Gasteiger charge is 2.27. The van der Waals surface area contributed by atoms with Crippen molar-refractivity contribution in [3.8, 4) is 17.2 Å². The number of nitrogens with one attached hydrogen (secondary N) is 1.